The van der Waals surface area contributed by atoms with Crippen LogP contribution in [0, 0.1) is 17.6 Å². The summed E-state index contributed by atoms with van der Waals surface area (Å²) < 4.78 is 34.6. The van der Waals surface area contributed by atoms with E-state index in [0.717, 1.165) is 35.4 Å². The molecule has 2 aliphatic rings. The molecule has 1 nitrogen and oxygen atoms in total. The molecule has 2 aliphatic carbocycles. The van der Waals surface area contributed by atoms with E-state index in [1.54, 1.807) is 12.1 Å². The molecule has 4 rings (SSSR count). The van der Waals surface area contributed by atoms with Crippen molar-refractivity contribution in [1.29, 1.82) is 0 Å². The van der Waals surface area contributed by atoms with Gasteiger partial charge in [-0.15, -0.1) is 0 Å². The molecule has 0 saturated heterocycles. The lowest BCUT2D eigenvalue weighted by molar-refractivity contribution is 0.322. The van der Waals surface area contributed by atoms with Crippen molar-refractivity contribution >= 4 is 0 Å². The van der Waals surface area contributed by atoms with Crippen LogP contribution in [0.2, 0.25) is 0 Å². The monoisotopic (exact) mass is 328 g/mol. The van der Waals surface area contributed by atoms with Gasteiger partial charge >= 0.3 is 0 Å². The van der Waals surface area contributed by atoms with Crippen LogP contribution < -0.4 is 4.74 Å². The smallest absolute Gasteiger partial charge is 0.173 e. The lowest BCUT2D eigenvalue weighted by Crippen LogP contribution is -2.13. The molecule has 0 amide bonds. The lowest BCUT2D eigenvalue weighted by Gasteiger charge is -2.30. The van der Waals surface area contributed by atoms with Crippen LogP contribution in [-0.2, 0) is 0 Å². The summed E-state index contributed by atoms with van der Waals surface area (Å²) in [6, 6.07) is 7.18. The van der Waals surface area contributed by atoms with Crippen molar-refractivity contribution in [3.05, 3.63) is 41.5 Å². The van der Waals surface area contributed by atoms with E-state index in [1.165, 1.54) is 12.8 Å². The number of hydrogen-bond donors (Lipinski definition) is 0. The van der Waals surface area contributed by atoms with Crippen LogP contribution in [0.25, 0.3) is 22.3 Å². The molecule has 1 saturated carbocycles. The van der Waals surface area contributed by atoms with Gasteiger partial charge in [-0.2, -0.15) is 0 Å². The zero-order valence-electron chi connectivity index (χ0n) is 14.2. The zero-order chi connectivity index (χ0) is 16.8. The second-order valence-corrected chi connectivity index (χ2v) is 7.12. The van der Waals surface area contributed by atoms with Crippen molar-refractivity contribution in [2.24, 2.45) is 5.92 Å². The maximum absolute atomic E-state index is 14.7. The van der Waals surface area contributed by atoms with E-state index in [-0.39, 0.29) is 11.6 Å². The fraction of sp³-hybridized carbons (Fsp3) is 0.429. The van der Waals surface area contributed by atoms with Crippen molar-refractivity contribution in [2.45, 2.75) is 45.4 Å². The average Bonchev–Trinajstić information content (AvgIpc) is 2.55. The molecule has 0 aromatic heterocycles. The van der Waals surface area contributed by atoms with Gasteiger partial charge in [0, 0.05) is 11.1 Å². The molecule has 3 heteroatoms. The zero-order valence-corrected chi connectivity index (χ0v) is 14.2. The van der Waals surface area contributed by atoms with Crippen molar-refractivity contribution in [2.75, 3.05) is 6.61 Å². The Kier molecular flexibility index (Phi) is 3.82. The van der Waals surface area contributed by atoms with Crippen molar-refractivity contribution in [3.8, 4) is 28.0 Å². The first-order valence-electron chi connectivity index (χ1n) is 8.89. The highest BCUT2D eigenvalue weighted by molar-refractivity contribution is 6.03. The SMILES string of the molecule is CCOc1ccc2c(c1F)-c1c(F)cc(C3CCC(C)CC3)cc1-2. The molecule has 0 unspecified atom stereocenters. The molecule has 2 aromatic rings. The van der Waals surface area contributed by atoms with Crippen LogP contribution in [-0.4, -0.2) is 6.61 Å². The van der Waals surface area contributed by atoms with Crippen molar-refractivity contribution in [1.82, 2.24) is 0 Å². The third-order valence-corrected chi connectivity index (χ3v) is 5.55. The first-order chi connectivity index (χ1) is 11.6. The van der Waals surface area contributed by atoms with Crippen molar-refractivity contribution < 1.29 is 13.5 Å². The standard InChI is InChI=1S/C21H22F2O/c1-3-24-18-9-8-15-16-10-14(13-6-4-12(2)5-7-13)11-17(22)19(16)20(15)21(18)23/h8-13H,3-7H2,1-2H3. The first kappa shape index (κ1) is 15.6. The molecule has 0 radical (unpaired) electrons. The molecule has 0 atom stereocenters. The largest absolute Gasteiger partial charge is 0.491 e. The Bertz CT molecular complexity index is 789. The Balaban J connectivity index is 1.71. The molecule has 0 heterocycles. The number of rotatable bonds is 3. The van der Waals surface area contributed by atoms with E-state index in [2.05, 4.69) is 13.0 Å². The van der Waals surface area contributed by atoms with Crippen molar-refractivity contribution in [3.63, 3.8) is 0 Å². The van der Waals surface area contributed by atoms with E-state index in [0.29, 0.717) is 23.7 Å². The Morgan fingerprint density at radius 1 is 1.00 bits per heavy atom. The molecule has 2 aromatic carbocycles. The minimum atomic E-state index is -0.444. The summed E-state index contributed by atoms with van der Waals surface area (Å²) in [7, 11) is 0. The van der Waals surface area contributed by atoms with Gasteiger partial charge < -0.3 is 4.74 Å². The van der Waals surface area contributed by atoms with Gasteiger partial charge in [0.05, 0.1) is 6.61 Å². The maximum Gasteiger partial charge on any atom is 0.173 e. The predicted octanol–water partition coefficient (Wildman–Crippen LogP) is 6.30. The van der Waals surface area contributed by atoms with E-state index in [1.807, 2.05) is 13.0 Å². The minimum absolute atomic E-state index is 0.201. The summed E-state index contributed by atoms with van der Waals surface area (Å²) in [4.78, 5) is 0. The summed E-state index contributed by atoms with van der Waals surface area (Å²) in [5.74, 6) is 0.648. The van der Waals surface area contributed by atoms with Gasteiger partial charge in [-0.05, 0) is 66.5 Å². The van der Waals surface area contributed by atoms with E-state index < -0.39 is 5.82 Å². The molecule has 0 bridgehead atoms. The lowest BCUT2D eigenvalue weighted by atomic mass is 9.74. The van der Waals surface area contributed by atoms with Crippen LogP contribution in [0.15, 0.2) is 24.3 Å². The van der Waals surface area contributed by atoms with Gasteiger partial charge in [-0.1, -0.05) is 25.8 Å². The topological polar surface area (TPSA) is 9.23 Å². The highest BCUT2D eigenvalue weighted by atomic mass is 19.1. The highest BCUT2D eigenvalue weighted by Crippen LogP contribution is 2.53. The molecular formula is C21H22F2O. The average molecular weight is 328 g/mol. The third-order valence-electron chi connectivity index (χ3n) is 5.55. The summed E-state index contributed by atoms with van der Waals surface area (Å²) in [6.07, 6.45) is 4.63. The highest BCUT2D eigenvalue weighted by Gasteiger charge is 2.33. The number of halogens is 2. The van der Waals surface area contributed by atoms with E-state index in [4.69, 9.17) is 4.74 Å². The quantitative estimate of drug-likeness (QED) is 0.548. The molecule has 0 N–H and O–H groups in total. The number of benzene rings is 2. The summed E-state index contributed by atoms with van der Waals surface area (Å²) in [5.41, 5.74) is 3.50. The first-order valence-corrected chi connectivity index (χ1v) is 8.89. The molecule has 0 spiro atoms. The Morgan fingerprint density at radius 2 is 1.75 bits per heavy atom. The van der Waals surface area contributed by atoms with E-state index in [9.17, 15) is 8.78 Å². The van der Waals surface area contributed by atoms with Crippen LogP contribution in [0.1, 0.15) is 51.0 Å². The van der Waals surface area contributed by atoms with Gasteiger partial charge in [-0.25, -0.2) is 8.78 Å². The third kappa shape index (κ3) is 2.33. The van der Waals surface area contributed by atoms with Crippen LogP contribution in [0.4, 0.5) is 8.78 Å². The number of fused-ring (bicyclic) bond motifs is 4. The van der Waals surface area contributed by atoms with Gasteiger partial charge in [0.25, 0.3) is 0 Å². The number of hydrogen-bond acceptors (Lipinski definition) is 1. The van der Waals surface area contributed by atoms with Crippen LogP contribution in [0.3, 0.4) is 0 Å². The fourth-order valence-corrected chi connectivity index (χ4v) is 4.15. The summed E-state index contributed by atoms with van der Waals surface area (Å²) in [6.45, 7) is 4.48. The predicted molar refractivity (Wildman–Crippen MR) is 92.3 cm³/mol. The summed E-state index contributed by atoms with van der Waals surface area (Å²) >= 11 is 0. The molecule has 1 fully saturated rings. The van der Waals surface area contributed by atoms with Gasteiger partial charge in [-0.3, -0.25) is 0 Å². The Hall–Kier alpha value is -1.90. The van der Waals surface area contributed by atoms with E-state index >= 15 is 0 Å². The van der Waals surface area contributed by atoms with Gasteiger partial charge in [0.15, 0.2) is 11.6 Å². The molecular weight excluding hydrogens is 306 g/mol. The maximum atomic E-state index is 14.7. The normalized spacial score (nSPS) is 21.7. The van der Waals surface area contributed by atoms with Crippen LogP contribution in [0.5, 0.6) is 5.75 Å². The summed E-state index contributed by atoms with van der Waals surface area (Å²) in [5, 5.41) is 0. The number of ether oxygens (including phenoxy) is 1. The van der Waals surface area contributed by atoms with Crippen LogP contribution >= 0.6 is 0 Å². The Labute approximate surface area is 141 Å². The molecule has 24 heavy (non-hydrogen) atoms. The Morgan fingerprint density at radius 3 is 2.46 bits per heavy atom. The molecule has 0 aliphatic heterocycles. The van der Waals surface area contributed by atoms with Gasteiger partial charge in [0.2, 0.25) is 0 Å². The minimum Gasteiger partial charge on any atom is -0.491 e. The van der Waals surface area contributed by atoms with Gasteiger partial charge in [0.1, 0.15) is 5.82 Å². The molecule has 126 valence electrons. The fourth-order valence-electron chi connectivity index (χ4n) is 4.15. The second-order valence-electron chi connectivity index (χ2n) is 7.12. The second kappa shape index (κ2) is 5.87.